The van der Waals surface area contributed by atoms with Crippen LogP contribution in [-0.2, 0) is 6.54 Å². The fourth-order valence-corrected chi connectivity index (χ4v) is 3.06. The number of nitrogens with zero attached hydrogens (tertiary/aromatic N) is 2. The topological polar surface area (TPSA) is 46.9 Å². The smallest absolute Gasteiger partial charge is 0.274 e. The Labute approximate surface area is 121 Å². The molecule has 0 atom stereocenters. The third kappa shape index (κ3) is 2.00. The number of carbonyl (C=O) groups is 1. The number of thiazole rings is 1. The van der Waals surface area contributed by atoms with E-state index in [-0.39, 0.29) is 5.91 Å². The van der Waals surface area contributed by atoms with Crippen LogP contribution in [0.5, 0.6) is 0 Å². The van der Waals surface area contributed by atoms with E-state index in [9.17, 15) is 4.79 Å². The molecule has 20 heavy (non-hydrogen) atoms. The van der Waals surface area contributed by atoms with Gasteiger partial charge in [0, 0.05) is 29.0 Å². The Balaban J connectivity index is 2.10. The summed E-state index contributed by atoms with van der Waals surface area (Å²) in [6, 6.07) is 8.09. The average molecular weight is 285 g/mol. The summed E-state index contributed by atoms with van der Waals surface area (Å²) in [5.41, 5.74) is 2.82. The third-order valence-electron chi connectivity index (χ3n) is 3.41. The van der Waals surface area contributed by atoms with Gasteiger partial charge < -0.3 is 4.57 Å². The largest absolute Gasteiger partial charge is 0.337 e. The maximum absolute atomic E-state index is 12.5. The predicted octanol–water partition coefficient (Wildman–Crippen LogP) is 3.68. The van der Waals surface area contributed by atoms with Crippen LogP contribution < -0.4 is 5.32 Å². The number of carbonyl (C=O) groups excluding carboxylic acids is 1. The Morgan fingerprint density at radius 3 is 2.90 bits per heavy atom. The van der Waals surface area contributed by atoms with Gasteiger partial charge in [0.1, 0.15) is 5.69 Å². The summed E-state index contributed by atoms with van der Waals surface area (Å²) in [5.74, 6) is -0.101. The highest BCUT2D eigenvalue weighted by Gasteiger charge is 2.19. The molecular formula is C15H15N3OS. The minimum absolute atomic E-state index is 0.101. The molecule has 0 saturated carbocycles. The molecular weight excluding hydrogens is 270 g/mol. The van der Waals surface area contributed by atoms with Gasteiger partial charge >= 0.3 is 0 Å². The third-order valence-corrected chi connectivity index (χ3v) is 4.10. The molecule has 4 nitrogen and oxygen atoms in total. The molecule has 1 aromatic carbocycles. The van der Waals surface area contributed by atoms with Crippen molar-refractivity contribution >= 4 is 33.3 Å². The van der Waals surface area contributed by atoms with Crippen molar-refractivity contribution in [2.45, 2.75) is 20.4 Å². The van der Waals surface area contributed by atoms with E-state index in [0.717, 1.165) is 23.0 Å². The zero-order valence-corrected chi connectivity index (χ0v) is 12.2. The highest BCUT2D eigenvalue weighted by molar-refractivity contribution is 7.13. The number of amides is 1. The number of aryl methyl sites for hydroxylation is 2. The summed E-state index contributed by atoms with van der Waals surface area (Å²) in [6.45, 7) is 4.80. The first kappa shape index (κ1) is 12.9. The molecule has 3 rings (SSSR count). The summed E-state index contributed by atoms with van der Waals surface area (Å²) in [7, 11) is 0. The van der Waals surface area contributed by atoms with Crippen molar-refractivity contribution in [1.29, 1.82) is 0 Å². The maximum atomic E-state index is 12.5. The number of hydrogen-bond donors (Lipinski definition) is 1. The highest BCUT2D eigenvalue weighted by Crippen LogP contribution is 2.26. The Hall–Kier alpha value is -2.14. The van der Waals surface area contributed by atoms with E-state index in [1.807, 2.05) is 42.0 Å². The van der Waals surface area contributed by atoms with Crippen molar-refractivity contribution in [2.75, 3.05) is 5.32 Å². The minimum Gasteiger partial charge on any atom is -0.337 e. The minimum atomic E-state index is -0.101. The lowest BCUT2D eigenvalue weighted by Crippen LogP contribution is -2.17. The molecule has 0 radical (unpaired) electrons. The number of benzene rings is 1. The van der Waals surface area contributed by atoms with Crippen LogP contribution in [-0.4, -0.2) is 15.5 Å². The molecule has 0 bridgehead atoms. The lowest BCUT2D eigenvalue weighted by molar-refractivity contribution is 0.101. The van der Waals surface area contributed by atoms with Crippen LogP contribution in [0.15, 0.2) is 35.8 Å². The van der Waals surface area contributed by atoms with Crippen LogP contribution in [0.1, 0.15) is 23.0 Å². The molecule has 0 aliphatic heterocycles. The molecule has 0 spiro atoms. The molecule has 2 heterocycles. The molecule has 0 saturated heterocycles. The van der Waals surface area contributed by atoms with Gasteiger partial charge in [0.2, 0.25) is 0 Å². The van der Waals surface area contributed by atoms with Gasteiger partial charge in [0.05, 0.1) is 0 Å². The highest BCUT2D eigenvalue weighted by atomic mass is 32.1. The Kier molecular flexibility index (Phi) is 3.28. The van der Waals surface area contributed by atoms with E-state index in [2.05, 4.69) is 16.4 Å². The van der Waals surface area contributed by atoms with Crippen molar-refractivity contribution in [1.82, 2.24) is 9.55 Å². The predicted molar refractivity (Wildman–Crippen MR) is 82.4 cm³/mol. The number of anilines is 1. The monoisotopic (exact) mass is 285 g/mol. The maximum Gasteiger partial charge on any atom is 0.274 e. The van der Waals surface area contributed by atoms with E-state index in [1.54, 1.807) is 6.20 Å². The van der Waals surface area contributed by atoms with Crippen molar-refractivity contribution in [2.24, 2.45) is 0 Å². The van der Waals surface area contributed by atoms with Gasteiger partial charge in [-0.05, 0) is 25.5 Å². The summed E-state index contributed by atoms with van der Waals surface area (Å²) < 4.78 is 2.05. The lowest BCUT2D eigenvalue weighted by Gasteiger charge is -2.08. The van der Waals surface area contributed by atoms with Crippen LogP contribution in [0.4, 0.5) is 5.13 Å². The molecule has 3 aromatic rings. The van der Waals surface area contributed by atoms with E-state index < -0.39 is 0 Å². The molecule has 0 fully saturated rings. The first-order valence-corrected chi connectivity index (χ1v) is 7.39. The summed E-state index contributed by atoms with van der Waals surface area (Å²) >= 11 is 1.42. The number of nitrogens with one attached hydrogen (secondary N) is 1. The number of aromatic nitrogens is 2. The van der Waals surface area contributed by atoms with Crippen LogP contribution >= 0.6 is 11.3 Å². The summed E-state index contributed by atoms with van der Waals surface area (Å²) in [5, 5.41) is 6.46. The average Bonchev–Trinajstić information content (AvgIpc) is 3.05. The number of para-hydroxylation sites is 1. The van der Waals surface area contributed by atoms with Gasteiger partial charge in [-0.1, -0.05) is 18.2 Å². The van der Waals surface area contributed by atoms with Gasteiger partial charge in [-0.25, -0.2) is 4.98 Å². The van der Waals surface area contributed by atoms with Gasteiger partial charge in [0.15, 0.2) is 5.13 Å². The molecule has 5 heteroatoms. The SMILES string of the molecule is CCn1c(C(=O)Nc2nccs2)c(C)c2ccccc21. The van der Waals surface area contributed by atoms with Crippen LogP contribution in [0.25, 0.3) is 10.9 Å². The van der Waals surface area contributed by atoms with Crippen molar-refractivity contribution < 1.29 is 4.79 Å². The first-order chi connectivity index (χ1) is 9.72. The number of rotatable bonds is 3. The normalized spacial score (nSPS) is 10.9. The molecule has 0 aliphatic rings. The van der Waals surface area contributed by atoms with Crippen molar-refractivity contribution in [3.8, 4) is 0 Å². The molecule has 1 amide bonds. The van der Waals surface area contributed by atoms with Crippen LogP contribution in [0.2, 0.25) is 0 Å². The number of fused-ring (bicyclic) bond motifs is 1. The summed E-state index contributed by atoms with van der Waals surface area (Å²) in [6.07, 6.45) is 1.68. The molecule has 2 aromatic heterocycles. The van der Waals surface area contributed by atoms with Crippen molar-refractivity contribution in [3.05, 3.63) is 47.1 Å². The molecule has 1 N–H and O–H groups in total. The first-order valence-electron chi connectivity index (χ1n) is 6.51. The fourth-order valence-electron chi connectivity index (χ4n) is 2.54. The van der Waals surface area contributed by atoms with Gasteiger partial charge in [-0.3, -0.25) is 10.1 Å². The van der Waals surface area contributed by atoms with Gasteiger partial charge in [-0.2, -0.15) is 0 Å². The summed E-state index contributed by atoms with van der Waals surface area (Å²) in [4.78, 5) is 16.6. The fraction of sp³-hybridized carbons (Fsp3) is 0.200. The van der Waals surface area contributed by atoms with E-state index in [0.29, 0.717) is 10.8 Å². The van der Waals surface area contributed by atoms with Crippen LogP contribution in [0.3, 0.4) is 0 Å². The Morgan fingerprint density at radius 1 is 1.40 bits per heavy atom. The van der Waals surface area contributed by atoms with E-state index in [1.165, 1.54) is 11.3 Å². The Morgan fingerprint density at radius 2 is 2.20 bits per heavy atom. The molecule has 0 unspecified atom stereocenters. The van der Waals surface area contributed by atoms with Crippen molar-refractivity contribution in [3.63, 3.8) is 0 Å². The van der Waals surface area contributed by atoms with Crippen LogP contribution in [0, 0.1) is 6.92 Å². The zero-order chi connectivity index (χ0) is 14.1. The van der Waals surface area contributed by atoms with Gasteiger partial charge in [-0.15, -0.1) is 11.3 Å². The van der Waals surface area contributed by atoms with Gasteiger partial charge in [0.25, 0.3) is 5.91 Å². The molecule has 0 aliphatic carbocycles. The quantitative estimate of drug-likeness (QED) is 0.798. The second kappa shape index (κ2) is 5.09. The molecule has 102 valence electrons. The van der Waals surface area contributed by atoms with E-state index >= 15 is 0 Å². The second-order valence-corrected chi connectivity index (χ2v) is 5.42. The number of hydrogen-bond acceptors (Lipinski definition) is 3. The second-order valence-electron chi connectivity index (χ2n) is 4.53. The zero-order valence-electron chi connectivity index (χ0n) is 11.4. The Bertz CT molecular complexity index is 759. The standard InChI is InChI=1S/C15H15N3OS/c1-3-18-12-7-5-4-6-11(12)10(2)13(18)14(19)17-15-16-8-9-20-15/h4-9H,3H2,1-2H3,(H,16,17,19). The lowest BCUT2D eigenvalue weighted by atomic mass is 10.1. The van der Waals surface area contributed by atoms with E-state index in [4.69, 9.17) is 0 Å².